The first kappa shape index (κ1) is 14.2. The Labute approximate surface area is 110 Å². The van der Waals surface area contributed by atoms with Crippen LogP contribution in [0.4, 0.5) is 0 Å². The maximum atomic E-state index is 12.6. The van der Waals surface area contributed by atoms with Crippen LogP contribution in [0.25, 0.3) is 0 Å². The molecule has 2 heterocycles. The highest BCUT2D eigenvalue weighted by molar-refractivity contribution is 7.86. The topological polar surface area (TPSA) is 49.9 Å². The first-order chi connectivity index (χ1) is 8.42. The summed E-state index contributed by atoms with van der Waals surface area (Å²) in [5.41, 5.74) is -0.378. The van der Waals surface area contributed by atoms with Crippen LogP contribution >= 0.6 is 0 Å². The first-order valence-electron chi connectivity index (χ1n) is 6.81. The van der Waals surface area contributed by atoms with Crippen molar-refractivity contribution in [3.63, 3.8) is 0 Å². The normalized spacial score (nSPS) is 27.9. The molecule has 0 aromatic heterocycles. The fraction of sp³-hybridized carbons (Fsp3) is 1.00. The Hall–Kier alpha value is -0.170. The minimum absolute atomic E-state index is 0.378. The lowest BCUT2D eigenvalue weighted by molar-refractivity contribution is -0.0652. The zero-order valence-corrected chi connectivity index (χ0v) is 12.2. The Morgan fingerprint density at radius 2 is 1.56 bits per heavy atom. The molecule has 0 spiro atoms. The fourth-order valence-electron chi connectivity index (χ4n) is 2.61. The smallest absolute Gasteiger partial charge is 0.282 e. The van der Waals surface area contributed by atoms with E-state index in [1.54, 1.807) is 8.61 Å². The van der Waals surface area contributed by atoms with E-state index in [9.17, 15) is 8.42 Å². The predicted octanol–water partition coefficient (Wildman–Crippen LogP) is 1.22. The van der Waals surface area contributed by atoms with Gasteiger partial charge in [0.1, 0.15) is 0 Å². The first-order valence-corrected chi connectivity index (χ1v) is 8.21. The van der Waals surface area contributed by atoms with Crippen LogP contribution in [0.2, 0.25) is 0 Å². The van der Waals surface area contributed by atoms with E-state index in [1.165, 1.54) is 0 Å². The summed E-state index contributed by atoms with van der Waals surface area (Å²) < 4.78 is 34.0. The molecular formula is C12H24N2O3S. The van der Waals surface area contributed by atoms with Gasteiger partial charge in [-0.05, 0) is 26.7 Å². The standard InChI is InChI=1S/C12H24N2O3S/c1-12(2)11-14(9-10-17-12)18(15,16)13-7-5-3-4-6-8-13/h3-11H2,1-2H3. The second-order valence-electron chi connectivity index (χ2n) is 5.76. The highest BCUT2D eigenvalue weighted by Crippen LogP contribution is 2.22. The van der Waals surface area contributed by atoms with Crippen molar-refractivity contribution >= 4 is 10.2 Å². The van der Waals surface area contributed by atoms with Gasteiger partial charge in [0, 0.05) is 26.2 Å². The summed E-state index contributed by atoms with van der Waals surface area (Å²) in [6.45, 7) is 6.63. The number of nitrogens with zero attached hydrogens (tertiary/aromatic N) is 2. The summed E-state index contributed by atoms with van der Waals surface area (Å²) in [7, 11) is -3.29. The monoisotopic (exact) mass is 276 g/mol. The molecule has 0 aromatic rings. The van der Waals surface area contributed by atoms with E-state index >= 15 is 0 Å². The molecule has 2 aliphatic heterocycles. The number of hydrogen-bond donors (Lipinski definition) is 0. The van der Waals surface area contributed by atoms with Crippen LogP contribution < -0.4 is 0 Å². The van der Waals surface area contributed by atoms with Crippen molar-refractivity contribution in [3.05, 3.63) is 0 Å². The Balaban J connectivity index is 2.09. The minimum atomic E-state index is -3.29. The van der Waals surface area contributed by atoms with Gasteiger partial charge in [0.15, 0.2) is 0 Å². The molecule has 0 N–H and O–H groups in total. The quantitative estimate of drug-likeness (QED) is 0.762. The van der Waals surface area contributed by atoms with Crippen molar-refractivity contribution in [1.82, 2.24) is 8.61 Å². The van der Waals surface area contributed by atoms with Crippen LogP contribution in [0, 0.1) is 0 Å². The molecule has 0 atom stereocenters. The Morgan fingerprint density at radius 3 is 2.11 bits per heavy atom. The molecule has 2 aliphatic rings. The second kappa shape index (κ2) is 5.45. The van der Waals surface area contributed by atoms with Crippen molar-refractivity contribution in [2.45, 2.75) is 45.1 Å². The second-order valence-corrected chi connectivity index (χ2v) is 7.69. The third-order valence-corrected chi connectivity index (χ3v) is 5.59. The van der Waals surface area contributed by atoms with Crippen LogP contribution in [0.3, 0.4) is 0 Å². The van der Waals surface area contributed by atoms with Crippen molar-refractivity contribution in [2.75, 3.05) is 32.8 Å². The molecule has 2 fully saturated rings. The van der Waals surface area contributed by atoms with Gasteiger partial charge in [0.25, 0.3) is 10.2 Å². The fourth-order valence-corrected chi connectivity index (χ4v) is 4.43. The molecular weight excluding hydrogens is 252 g/mol. The predicted molar refractivity (Wildman–Crippen MR) is 70.6 cm³/mol. The van der Waals surface area contributed by atoms with E-state index in [4.69, 9.17) is 4.74 Å². The van der Waals surface area contributed by atoms with Crippen LogP contribution in [0.15, 0.2) is 0 Å². The lowest BCUT2D eigenvalue weighted by Crippen LogP contribution is -2.54. The Morgan fingerprint density at radius 1 is 0.944 bits per heavy atom. The number of hydrogen-bond acceptors (Lipinski definition) is 3. The number of morpholine rings is 1. The van der Waals surface area contributed by atoms with Gasteiger partial charge in [0.2, 0.25) is 0 Å². The summed E-state index contributed by atoms with van der Waals surface area (Å²) in [6.07, 6.45) is 4.24. The molecule has 0 aliphatic carbocycles. The summed E-state index contributed by atoms with van der Waals surface area (Å²) in [6, 6.07) is 0. The lowest BCUT2D eigenvalue weighted by atomic mass is 10.1. The van der Waals surface area contributed by atoms with Crippen molar-refractivity contribution in [1.29, 1.82) is 0 Å². The molecule has 106 valence electrons. The maximum absolute atomic E-state index is 12.6. The lowest BCUT2D eigenvalue weighted by Gasteiger charge is -2.39. The van der Waals surface area contributed by atoms with E-state index in [-0.39, 0.29) is 5.60 Å². The van der Waals surface area contributed by atoms with Gasteiger partial charge in [-0.15, -0.1) is 0 Å². The van der Waals surface area contributed by atoms with Gasteiger partial charge >= 0.3 is 0 Å². The molecule has 6 heteroatoms. The molecule has 0 amide bonds. The van der Waals surface area contributed by atoms with Gasteiger partial charge in [-0.25, -0.2) is 0 Å². The number of ether oxygens (including phenoxy) is 1. The maximum Gasteiger partial charge on any atom is 0.282 e. The molecule has 0 unspecified atom stereocenters. The van der Waals surface area contributed by atoms with Crippen LogP contribution in [0.5, 0.6) is 0 Å². The molecule has 18 heavy (non-hydrogen) atoms. The summed E-state index contributed by atoms with van der Waals surface area (Å²) >= 11 is 0. The SMILES string of the molecule is CC1(C)CN(S(=O)(=O)N2CCCCCC2)CCO1. The molecule has 0 radical (unpaired) electrons. The van der Waals surface area contributed by atoms with Gasteiger partial charge in [-0.3, -0.25) is 0 Å². The van der Waals surface area contributed by atoms with E-state index in [1.807, 2.05) is 13.8 Å². The molecule has 0 saturated carbocycles. The number of rotatable bonds is 2. The van der Waals surface area contributed by atoms with Crippen molar-refractivity contribution in [3.8, 4) is 0 Å². The zero-order valence-electron chi connectivity index (χ0n) is 11.4. The zero-order chi connectivity index (χ0) is 13.2. The highest BCUT2D eigenvalue weighted by atomic mass is 32.2. The van der Waals surface area contributed by atoms with Crippen molar-refractivity contribution in [2.24, 2.45) is 0 Å². The largest absolute Gasteiger partial charge is 0.373 e. The molecule has 2 rings (SSSR count). The average Bonchev–Trinajstić information content (AvgIpc) is 2.56. The summed E-state index contributed by atoms with van der Waals surface area (Å²) in [5, 5.41) is 0. The minimum Gasteiger partial charge on any atom is -0.373 e. The van der Waals surface area contributed by atoms with E-state index < -0.39 is 10.2 Å². The Bertz CT molecular complexity index is 373. The third-order valence-electron chi connectivity index (χ3n) is 3.61. The summed E-state index contributed by atoms with van der Waals surface area (Å²) in [4.78, 5) is 0. The van der Waals surface area contributed by atoms with Crippen LogP contribution in [0.1, 0.15) is 39.5 Å². The highest BCUT2D eigenvalue weighted by Gasteiger charge is 2.37. The molecule has 2 saturated heterocycles. The Kier molecular flexibility index (Phi) is 4.31. The van der Waals surface area contributed by atoms with Crippen LogP contribution in [-0.4, -0.2) is 55.4 Å². The third kappa shape index (κ3) is 3.23. The molecule has 5 nitrogen and oxygen atoms in total. The molecule has 0 bridgehead atoms. The van der Waals surface area contributed by atoms with Gasteiger partial charge in [-0.2, -0.15) is 17.0 Å². The van der Waals surface area contributed by atoms with Gasteiger partial charge in [0.05, 0.1) is 12.2 Å². The average molecular weight is 276 g/mol. The van der Waals surface area contributed by atoms with Crippen LogP contribution in [-0.2, 0) is 14.9 Å². The summed E-state index contributed by atoms with van der Waals surface area (Å²) in [5.74, 6) is 0. The molecule has 0 aromatic carbocycles. The van der Waals surface area contributed by atoms with E-state index in [0.29, 0.717) is 32.8 Å². The van der Waals surface area contributed by atoms with Gasteiger partial charge in [-0.1, -0.05) is 12.8 Å². The van der Waals surface area contributed by atoms with E-state index in [0.717, 1.165) is 25.7 Å². The van der Waals surface area contributed by atoms with Gasteiger partial charge < -0.3 is 4.74 Å². The van der Waals surface area contributed by atoms with E-state index in [2.05, 4.69) is 0 Å². The van der Waals surface area contributed by atoms with Crippen molar-refractivity contribution < 1.29 is 13.2 Å².